The molecule has 0 radical (unpaired) electrons. The van der Waals surface area contributed by atoms with Crippen LogP contribution in [0.1, 0.15) is 32.6 Å². The minimum atomic E-state index is 0.227. The number of ether oxygens (including phenoxy) is 2. The van der Waals surface area contributed by atoms with Gasteiger partial charge in [-0.2, -0.15) is 0 Å². The summed E-state index contributed by atoms with van der Waals surface area (Å²) in [5.74, 6) is 0. The zero-order valence-electron chi connectivity index (χ0n) is 10.4. The maximum Gasteiger partial charge on any atom is 0.0962 e. The molecule has 0 bridgehead atoms. The van der Waals surface area contributed by atoms with E-state index in [-0.39, 0.29) is 6.10 Å². The molecule has 0 aliphatic carbocycles. The van der Waals surface area contributed by atoms with E-state index in [0.29, 0.717) is 6.04 Å². The van der Waals surface area contributed by atoms with Crippen LogP contribution in [-0.2, 0) is 9.47 Å². The van der Waals surface area contributed by atoms with Gasteiger partial charge in [0, 0.05) is 6.04 Å². The Labute approximate surface area is 99.2 Å². The van der Waals surface area contributed by atoms with Crippen LogP contribution in [0.2, 0.25) is 0 Å². The number of unbranched alkanes of at least 4 members (excludes halogenated alkanes) is 1. The molecule has 0 amide bonds. The molecule has 3 heteroatoms. The van der Waals surface area contributed by atoms with Crippen LogP contribution in [0.5, 0.6) is 0 Å². The molecule has 1 saturated heterocycles. The molecule has 1 fully saturated rings. The molecule has 0 aromatic heterocycles. The summed E-state index contributed by atoms with van der Waals surface area (Å²) in [6, 6.07) is 0.431. The molecule has 0 aromatic rings. The summed E-state index contributed by atoms with van der Waals surface area (Å²) in [5, 5.41) is 3.56. The van der Waals surface area contributed by atoms with Gasteiger partial charge in [0.25, 0.3) is 0 Å². The van der Waals surface area contributed by atoms with Gasteiger partial charge < -0.3 is 14.8 Å². The fourth-order valence-corrected chi connectivity index (χ4v) is 1.97. The van der Waals surface area contributed by atoms with Crippen molar-refractivity contribution in [3.05, 3.63) is 12.7 Å². The van der Waals surface area contributed by atoms with Crippen molar-refractivity contribution < 1.29 is 9.47 Å². The fourth-order valence-electron chi connectivity index (χ4n) is 1.97. The van der Waals surface area contributed by atoms with Crippen molar-refractivity contribution in [3.63, 3.8) is 0 Å². The van der Waals surface area contributed by atoms with Gasteiger partial charge in [0.1, 0.15) is 0 Å². The molecule has 0 saturated carbocycles. The highest BCUT2D eigenvalue weighted by Gasteiger charge is 2.23. The molecule has 3 nitrogen and oxygen atoms in total. The lowest BCUT2D eigenvalue weighted by molar-refractivity contribution is -0.102. The van der Waals surface area contributed by atoms with Crippen molar-refractivity contribution in [2.24, 2.45) is 0 Å². The van der Waals surface area contributed by atoms with Crippen molar-refractivity contribution in [2.75, 3.05) is 26.4 Å². The van der Waals surface area contributed by atoms with E-state index in [0.717, 1.165) is 45.6 Å². The maximum absolute atomic E-state index is 5.75. The third-order valence-electron chi connectivity index (χ3n) is 2.87. The maximum atomic E-state index is 5.75. The van der Waals surface area contributed by atoms with Gasteiger partial charge in [-0.05, 0) is 32.2 Å². The van der Waals surface area contributed by atoms with Crippen LogP contribution in [0.15, 0.2) is 12.7 Å². The highest BCUT2D eigenvalue weighted by Crippen LogP contribution is 2.12. The van der Waals surface area contributed by atoms with Crippen molar-refractivity contribution in [1.29, 1.82) is 0 Å². The molecule has 94 valence electrons. The Morgan fingerprint density at radius 1 is 1.50 bits per heavy atom. The SMILES string of the molecule is C=CCCCC(NCCC)C1COCCO1. The van der Waals surface area contributed by atoms with Crippen LogP contribution in [0.4, 0.5) is 0 Å². The predicted molar refractivity (Wildman–Crippen MR) is 66.7 cm³/mol. The zero-order chi connectivity index (χ0) is 11.6. The average Bonchev–Trinajstić information content (AvgIpc) is 2.35. The Morgan fingerprint density at radius 2 is 2.38 bits per heavy atom. The van der Waals surface area contributed by atoms with Crippen LogP contribution in [0, 0.1) is 0 Å². The van der Waals surface area contributed by atoms with Crippen LogP contribution >= 0.6 is 0 Å². The van der Waals surface area contributed by atoms with Crippen LogP contribution < -0.4 is 5.32 Å². The number of allylic oxidation sites excluding steroid dienone is 1. The second kappa shape index (κ2) is 8.74. The molecule has 1 aliphatic rings. The normalized spacial score (nSPS) is 22.9. The van der Waals surface area contributed by atoms with E-state index in [2.05, 4.69) is 18.8 Å². The summed E-state index contributed by atoms with van der Waals surface area (Å²) >= 11 is 0. The number of rotatable bonds is 8. The van der Waals surface area contributed by atoms with Gasteiger partial charge in [-0.25, -0.2) is 0 Å². The first kappa shape index (κ1) is 13.7. The second-order valence-corrected chi connectivity index (χ2v) is 4.26. The van der Waals surface area contributed by atoms with Gasteiger partial charge in [0.15, 0.2) is 0 Å². The number of nitrogens with one attached hydrogen (secondary N) is 1. The number of hydrogen-bond donors (Lipinski definition) is 1. The molecule has 1 heterocycles. The van der Waals surface area contributed by atoms with E-state index in [1.807, 2.05) is 6.08 Å². The highest BCUT2D eigenvalue weighted by molar-refractivity contribution is 4.80. The summed E-state index contributed by atoms with van der Waals surface area (Å²) in [6.07, 6.45) is 6.76. The lowest BCUT2D eigenvalue weighted by atomic mass is 10.0. The lowest BCUT2D eigenvalue weighted by Crippen LogP contribution is -2.46. The average molecular weight is 227 g/mol. The van der Waals surface area contributed by atoms with Crippen molar-refractivity contribution >= 4 is 0 Å². The standard InChI is InChI=1S/C13H25NO2/c1-3-5-6-7-12(14-8-4-2)13-11-15-9-10-16-13/h3,12-14H,1,4-11H2,2H3. The molecule has 2 unspecified atom stereocenters. The minimum absolute atomic E-state index is 0.227. The van der Waals surface area contributed by atoms with Crippen molar-refractivity contribution in [3.8, 4) is 0 Å². The Balaban J connectivity index is 2.31. The first-order valence-corrected chi connectivity index (χ1v) is 6.42. The van der Waals surface area contributed by atoms with Gasteiger partial charge in [0.2, 0.25) is 0 Å². The largest absolute Gasteiger partial charge is 0.376 e. The Hall–Kier alpha value is -0.380. The summed E-state index contributed by atoms with van der Waals surface area (Å²) in [5.41, 5.74) is 0. The topological polar surface area (TPSA) is 30.5 Å². The lowest BCUT2D eigenvalue weighted by Gasteiger charge is -2.31. The molecule has 1 aliphatic heterocycles. The molecular formula is C13H25NO2. The summed E-state index contributed by atoms with van der Waals surface area (Å²) in [6.45, 7) is 9.20. The second-order valence-electron chi connectivity index (χ2n) is 4.26. The summed E-state index contributed by atoms with van der Waals surface area (Å²) < 4.78 is 11.2. The summed E-state index contributed by atoms with van der Waals surface area (Å²) in [4.78, 5) is 0. The smallest absolute Gasteiger partial charge is 0.0962 e. The highest BCUT2D eigenvalue weighted by atomic mass is 16.6. The molecule has 1 rings (SSSR count). The van der Waals surface area contributed by atoms with Gasteiger partial charge in [-0.3, -0.25) is 0 Å². The molecule has 2 atom stereocenters. The molecular weight excluding hydrogens is 202 g/mol. The van der Waals surface area contributed by atoms with E-state index in [1.54, 1.807) is 0 Å². The van der Waals surface area contributed by atoms with Gasteiger partial charge in [0.05, 0.1) is 25.9 Å². The van der Waals surface area contributed by atoms with Crippen molar-refractivity contribution in [1.82, 2.24) is 5.32 Å². The monoisotopic (exact) mass is 227 g/mol. The molecule has 0 aromatic carbocycles. The predicted octanol–water partition coefficient (Wildman–Crippen LogP) is 2.13. The molecule has 0 spiro atoms. The van der Waals surface area contributed by atoms with E-state index in [9.17, 15) is 0 Å². The van der Waals surface area contributed by atoms with Gasteiger partial charge >= 0.3 is 0 Å². The van der Waals surface area contributed by atoms with E-state index in [1.165, 1.54) is 6.42 Å². The van der Waals surface area contributed by atoms with Crippen LogP contribution in [0.25, 0.3) is 0 Å². The Bertz CT molecular complexity index is 179. The zero-order valence-corrected chi connectivity index (χ0v) is 10.4. The van der Waals surface area contributed by atoms with E-state index in [4.69, 9.17) is 9.47 Å². The van der Waals surface area contributed by atoms with E-state index < -0.39 is 0 Å². The Morgan fingerprint density at radius 3 is 3.00 bits per heavy atom. The van der Waals surface area contributed by atoms with Gasteiger partial charge in [-0.1, -0.05) is 13.0 Å². The minimum Gasteiger partial charge on any atom is -0.376 e. The molecule has 1 N–H and O–H groups in total. The quantitative estimate of drug-likeness (QED) is 0.509. The first-order valence-electron chi connectivity index (χ1n) is 6.42. The fraction of sp³-hybridized carbons (Fsp3) is 0.846. The van der Waals surface area contributed by atoms with E-state index >= 15 is 0 Å². The van der Waals surface area contributed by atoms with Crippen molar-refractivity contribution in [2.45, 2.75) is 44.8 Å². The third kappa shape index (κ3) is 5.10. The number of hydrogen-bond acceptors (Lipinski definition) is 3. The van der Waals surface area contributed by atoms with Crippen LogP contribution in [-0.4, -0.2) is 38.5 Å². The van der Waals surface area contributed by atoms with Gasteiger partial charge in [-0.15, -0.1) is 6.58 Å². The first-order chi connectivity index (χ1) is 7.88. The summed E-state index contributed by atoms with van der Waals surface area (Å²) in [7, 11) is 0. The third-order valence-corrected chi connectivity index (χ3v) is 2.87. The Kier molecular flexibility index (Phi) is 7.47. The van der Waals surface area contributed by atoms with Crippen LogP contribution in [0.3, 0.4) is 0 Å². The molecule has 16 heavy (non-hydrogen) atoms.